The molecule has 5 aromatic rings. The van der Waals surface area contributed by atoms with Crippen LogP contribution in [-0.4, -0.2) is 29.1 Å². The van der Waals surface area contributed by atoms with E-state index in [1.54, 1.807) is 24.3 Å². The van der Waals surface area contributed by atoms with Crippen molar-refractivity contribution in [3.63, 3.8) is 0 Å². The van der Waals surface area contributed by atoms with Gasteiger partial charge in [-0.25, -0.2) is 13.9 Å². The van der Waals surface area contributed by atoms with E-state index in [0.29, 0.717) is 16.6 Å². The largest absolute Gasteiger partial charge is 0.365 e. The summed E-state index contributed by atoms with van der Waals surface area (Å²) in [7, 11) is 0. The van der Waals surface area contributed by atoms with E-state index in [1.165, 1.54) is 39.7 Å². The van der Waals surface area contributed by atoms with Gasteiger partial charge in [-0.3, -0.25) is 14.6 Å². The van der Waals surface area contributed by atoms with Crippen molar-refractivity contribution in [2.75, 3.05) is 0 Å². The van der Waals surface area contributed by atoms with Crippen molar-refractivity contribution in [3.8, 4) is 11.4 Å². The molecule has 0 fully saturated rings. The van der Waals surface area contributed by atoms with Crippen molar-refractivity contribution >= 4 is 40.1 Å². The van der Waals surface area contributed by atoms with Crippen molar-refractivity contribution in [1.82, 2.24) is 29.1 Å². The minimum Gasteiger partial charge on any atom is -0.354 e. The smallest absolute Gasteiger partial charge is 0.354 e. The van der Waals surface area contributed by atoms with Gasteiger partial charge in [-0.1, -0.05) is 48.0 Å². The van der Waals surface area contributed by atoms with E-state index < -0.39 is 22.9 Å². The SMILES string of the molecule is [C-]#[N+]c1nn(-c2cc(Cl)c(-n3ncc4c3ccc(=O)n4Cc3ccccc3F)c(Cl)c2)c(=O)[nH]c1=O. The molecule has 0 aliphatic rings. The van der Waals surface area contributed by atoms with Crippen LogP contribution >= 0.6 is 23.2 Å². The van der Waals surface area contributed by atoms with Crippen LogP contribution < -0.4 is 16.8 Å². The highest BCUT2D eigenvalue weighted by atomic mass is 35.5. The van der Waals surface area contributed by atoms with Crippen LogP contribution in [0.3, 0.4) is 0 Å². The lowest BCUT2D eigenvalue weighted by Crippen LogP contribution is -2.30. The molecule has 0 amide bonds. The van der Waals surface area contributed by atoms with Gasteiger partial charge in [0.15, 0.2) is 0 Å². The number of benzene rings is 2. The molecular weight excluding hydrogens is 512 g/mol. The molecular formula is C23H12Cl2FN7O3. The number of H-pyrrole nitrogens is 1. The summed E-state index contributed by atoms with van der Waals surface area (Å²) in [6, 6.07) is 11.7. The third-order valence-corrected chi connectivity index (χ3v) is 5.96. The molecule has 0 radical (unpaired) electrons. The number of nitrogens with zero attached hydrogens (tertiary/aromatic N) is 6. The molecule has 2 aromatic carbocycles. The first kappa shape index (κ1) is 23.2. The number of halogens is 3. The van der Waals surface area contributed by atoms with E-state index in [1.807, 2.05) is 4.98 Å². The van der Waals surface area contributed by atoms with Gasteiger partial charge in [0.25, 0.3) is 11.1 Å². The maximum atomic E-state index is 14.2. The van der Waals surface area contributed by atoms with Crippen molar-refractivity contribution in [3.05, 3.63) is 119 Å². The van der Waals surface area contributed by atoms with Gasteiger partial charge in [-0.05, 0) is 29.4 Å². The normalized spacial score (nSPS) is 11.1. The Labute approximate surface area is 210 Å². The fraction of sp³-hybridized carbons (Fsp3) is 0.0435. The first-order valence-electron chi connectivity index (χ1n) is 10.2. The maximum Gasteiger partial charge on any atom is 0.365 e. The van der Waals surface area contributed by atoms with Gasteiger partial charge < -0.3 is 9.41 Å². The summed E-state index contributed by atoms with van der Waals surface area (Å²) in [5, 5.41) is 8.22. The molecule has 0 bridgehead atoms. The predicted molar refractivity (Wildman–Crippen MR) is 131 cm³/mol. The highest BCUT2D eigenvalue weighted by Gasteiger charge is 2.19. The Balaban J connectivity index is 1.65. The lowest BCUT2D eigenvalue weighted by Gasteiger charge is -2.12. The number of fused-ring (bicyclic) bond motifs is 1. The molecule has 13 heteroatoms. The van der Waals surface area contributed by atoms with Gasteiger partial charge in [-0.2, -0.15) is 5.10 Å². The van der Waals surface area contributed by atoms with Gasteiger partial charge in [0.05, 0.1) is 39.5 Å². The number of aromatic nitrogens is 6. The lowest BCUT2D eigenvalue weighted by molar-refractivity contribution is 0.599. The van der Waals surface area contributed by atoms with E-state index in [9.17, 15) is 18.8 Å². The molecule has 0 aliphatic carbocycles. The average Bonchev–Trinajstić information content (AvgIpc) is 3.25. The van der Waals surface area contributed by atoms with Crippen LogP contribution in [0.4, 0.5) is 10.2 Å². The van der Waals surface area contributed by atoms with E-state index >= 15 is 0 Å². The van der Waals surface area contributed by atoms with Crippen LogP contribution in [-0.2, 0) is 6.54 Å². The van der Waals surface area contributed by atoms with Crippen LogP contribution in [0, 0.1) is 12.4 Å². The number of aromatic amines is 1. The molecule has 178 valence electrons. The Bertz CT molecular complexity index is 1880. The molecule has 0 saturated heterocycles. The zero-order valence-electron chi connectivity index (χ0n) is 17.9. The van der Waals surface area contributed by atoms with Crippen molar-refractivity contribution in [2.24, 2.45) is 0 Å². The second-order valence-corrected chi connectivity index (χ2v) is 8.35. The van der Waals surface area contributed by atoms with E-state index in [0.717, 1.165) is 4.68 Å². The number of pyridine rings is 1. The van der Waals surface area contributed by atoms with Crippen molar-refractivity contribution < 1.29 is 4.39 Å². The summed E-state index contributed by atoms with van der Waals surface area (Å²) in [6.45, 7) is 7.02. The quantitative estimate of drug-likeness (QED) is 0.362. The molecule has 0 aliphatic heterocycles. The molecule has 1 N–H and O–H groups in total. The van der Waals surface area contributed by atoms with Crippen LogP contribution in [0.2, 0.25) is 10.0 Å². The molecule has 3 heterocycles. The van der Waals surface area contributed by atoms with Crippen molar-refractivity contribution in [2.45, 2.75) is 6.54 Å². The zero-order chi connectivity index (χ0) is 25.6. The van der Waals surface area contributed by atoms with Crippen LogP contribution in [0.5, 0.6) is 0 Å². The second-order valence-electron chi connectivity index (χ2n) is 7.54. The molecule has 3 aromatic heterocycles. The summed E-state index contributed by atoms with van der Waals surface area (Å²) in [6.07, 6.45) is 1.44. The van der Waals surface area contributed by atoms with Gasteiger partial charge >= 0.3 is 11.5 Å². The summed E-state index contributed by atoms with van der Waals surface area (Å²) in [5.74, 6) is -0.972. The third-order valence-electron chi connectivity index (χ3n) is 5.39. The highest BCUT2D eigenvalue weighted by Crippen LogP contribution is 2.33. The Morgan fingerprint density at radius 1 is 1.00 bits per heavy atom. The van der Waals surface area contributed by atoms with Gasteiger partial charge in [0, 0.05) is 11.6 Å². The average molecular weight is 524 g/mol. The summed E-state index contributed by atoms with van der Waals surface area (Å²) >= 11 is 13.0. The fourth-order valence-electron chi connectivity index (χ4n) is 3.73. The molecule has 10 nitrogen and oxygen atoms in total. The van der Waals surface area contributed by atoms with E-state index in [2.05, 4.69) is 15.0 Å². The molecule has 0 saturated carbocycles. The summed E-state index contributed by atoms with van der Waals surface area (Å²) in [4.78, 5) is 41.5. The molecule has 36 heavy (non-hydrogen) atoms. The minimum absolute atomic E-state index is 0.0148. The third kappa shape index (κ3) is 3.88. The maximum absolute atomic E-state index is 14.2. The zero-order valence-corrected chi connectivity index (χ0v) is 19.5. The Morgan fingerprint density at radius 3 is 2.42 bits per heavy atom. The Hall–Kier alpha value is -4.53. The van der Waals surface area contributed by atoms with Crippen molar-refractivity contribution in [1.29, 1.82) is 0 Å². The first-order chi connectivity index (χ1) is 17.3. The summed E-state index contributed by atoms with van der Waals surface area (Å²) in [5.41, 5.74) is -0.573. The number of hydrogen-bond donors (Lipinski definition) is 1. The lowest BCUT2D eigenvalue weighted by atomic mass is 10.2. The highest BCUT2D eigenvalue weighted by molar-refractivity contribution is 6.38. The number of rotatable bonds is 4. The standard InChI is InChI=1S/C23H12Cl2FN7O3/c1-27-21-22(35)29-23(36)32(30-21)13-8-14(24)20(15(25)9-13)33-17-6-7-19(34)31(18(17)10-28-33)11-12-4-2-3-5-16(12)26/h2-10H,11H2,(H,29,35,36). The summed E-state index contributed by atoms with van der Waals surface area (Å²) < 4.78 is 17.8. The van der Waals surface area contributed by atoms with Gasteiger partial charge in [-0.15, -0.1) is 4.68 Å². The molecule has 5 rings (SSSR count). The Kier molecular flexibility index (Phi) is 5.75. The Morgan fingerprint density at radius 2 is 1.72 bits per heavy atom. The number of hydrogen-bond acceptors (Lipinski definition) is 5. The fourth-order valence-corrected chi connectivity index (χ4v) is 4.36. The number of nitrogens with one attached hydrogen (secondary N) is 1. The molecule has 0 atom stereocenters. The first-order valence-corrected chi connectivity index (χ1v) is 11.0. The molecule has 0 unspecified atom stereocenters. The van der Waals surface area contributed by atoms with Gasteiger partial charge in [0.2, 0.25) is 0 Å². The minimum atomic E-state index is -0.912. The predicted octanol–water partition coefficient (Wildman–Crippen LogP) is 3.47. The van der Waals surface area contributed by atoms with Gasteiger partial charge in [0.1, 0.15) is 11.5 Å². The monoisotopic (exact) mass is 523 g/mol. The van der Waals surface area contributed by atoms with E-state index in [-0.39, 0.29) is 33.5 Å². The van der Waals surface area contributed by atoms with Crippen LogP contribution in [0.15, 0.2) is 69.1 Å². The van der Waals surface area contributed by atoms with Crippen LogP contribution in [0.25, 0.3) is 27.3 Å². The van der Waals surface area contributed by atoms with Crippen LogP contribution in [0.1, 0.15) is 5.56 Å². The topological polar surface area (TPSA) is 112 Å². The second kappa shape index (κ2) is 8.92. The van der Waals surface area contributed by atoms with E-state index in [4.69, 9.17) is 29.8 Å². The molecule has 0 spiro atoms.